The van der Waals surface area contributed by atoms with Gasteiger partial charge in [-0.1, -0.05) is 11.6 Å². The van der Waals surface area contributed by atoms with Crippen molar-refractivity contribution in [3.8, 4) is 0 Å². The Labute approximate surface area is 127 Å². The van der Waals surface area contributed by atoms with Crippen LogP contribution < -0.4 is 5.32 Å². The van der Waals surface area contributed by atoms with E-state index in [-0.39, 0.29) is 12.3 Å². The van der Waals surface area contributed by atoms with E-state index in [1.54, 1.807) is 48.5 Å². The number of esters is 1. The summed E-state index contributed by atoms with van der Waals surface area (Å²) in [5.41, 5.74) is 1.81. The topological polar surface area (TPSA) is 55.4 Å². The van der Waals surface area contributed by atoms with Crippen LogP contribution in [0, 0.1) is 0 Å². The minimum absolute atomic E-state index is 0.0382. The number of rotatable bonds is 5. The first-order valence-electron chi connectivity index (χ1n) is 6.31. The molecule has 0 aromatic heterocycles. The third-order valence-corrected chi connectivity index (χ3v) is 3.18. The molecule has 1 N–H and O–H groups in total. The first-order chi connectivity index (χ1) is 10.1. The van der Waals surface area contributed by atoms with E-state index >= 15 is 0 Å². The fraction of sp³-hybridized carbons (Fsp3) is 0.125. The number of benzene rings is 2. The quantitative estimate of drug-likeness (QED) is 0.679. The lowest BCUT2D eigenvalue weighted by Gasteiger charge is -2.07. The van der Waals surface area contributed by atoms with E-state index in [0.717, 1.165) is 5.69 Å². The number of carbonyl (C=O) groups excluding carboxylic acids is 2. The number of ether oxygens (including phenoxy) is 1. The Kier molecular flexibility index (Phi) is 4.95. The van der Waals surface area contributed by atoms with Gasteiger partial charge in [-0.2, -0.15) is 0 Å². The number of hydrogen-bond acceptors (Lipinski definition) is 4. The van der Waals surface area contributed by atoms with Crippen LogP contribution in [-0.4, -0.2) is 25.4 Å². The third-order valence-electron chi connectivity index (χ3n) is 2.93. The molecule has 2 aromatic carbocycles. The molecule has 0 atom stereocenters. The Balaban J connectivity index is 1.95. The molecule has 21 heavy (non-hydrogen) atoms. The highest BCUT2D eigenvalue weighted by molar-refractivity contribution is 6.30. The van der Waals surface area contributed by atoms with Crippen LogP contribution in [0.5, 0.6) is 0 Å². The molecule has 0 fully saturated rings. The molecule has 2 rings (SSSR count). The van der Waals surface area contributed by atoms with Crippen molar-refractivity contribution >= 4 is 29.0 Å². The largest absolute Gasteiger partial charge is 0.465 e. The summed E-state index contributed by atoms with van der Waals surface area (Å²) >= 11 is 5.78. The Bertz CT molecular complexity index is 636. The second kappa shape index (κ2) is 6.90. The number of nitrogens with one attached hydrogen (secondary N) is 1. The van der Waals surface area contributed by atoms with E-state index in [9.17, 15) is 9.59 Å². The molecule has 0 aliphatic heterocycles. The Morgan fingerprint density at radius 2 is 1.57 bits per heavy atom. The number of ketones is 1. The zero-order valence-corrected chi connectivity index (χ0v) is 12.2. The van der Waals surface area contributed by atoms with E-state index in [1.165, 1.54) is 7.11 Å². The standard InChI is InChI=1S/C16H14ClNO3/c1-21-16(20)12-4-8-14(9-5-12)18-10-15(19)11-2-6-13(17)7-3-11/h2-9,18H,10H2,1H3. The molecule has 0 spiro atoms. The van der Waals surface area contributed by atoms with Crippen molar-refractivity contribution in [2.24, 2.45) is 0 Å². The second-order valence-electron chi connectivity index (χ2n) is 4.35. The normalized spacial score (nSPS) is 10.0. The van der Waals surface area contributed by atoms with Gasteiger partial charge in [0.15, 0.2) is 5.78 Å². The van der Waals surface area contributed by atoms with Gasteiger partial charge >= 0.3 is 5.97 Å². The molecule has 5 heteroatoms. The Morgan fingerprint density at radius 1 is 1.00 bits per heavy atom. The van der Waals surface area contributed by atoms with E-state index in [4.69, 9.17) is 11.6 Å². The smallest absolute Gasteiger partial charge is 0.337 e. The van der Waals surface area contributed by atoms with Gasteiger partial charge in [0, 0.05) is 16.3 Å². The monoisotopic (exact) mass is 303 g/mol. The number of halogens is 1. The lowest BCUT2D eigenvalue weighted by molar-refractivity contribution is 0.0600. The average molecular weight is 304 g/mol. The summed E-state index contributed by atoms with van der Waals surface area (Å²) in [6.07, 6.45) is 0. The highest BCUT2D eigenvalue weighted by Crippen LogP contribution is 2.12. The molecule has 0 radical (unpaired) electrons. The molecule has 0 aliphatic rings. The summed E-state index contributed by atoms with van der Waals surface area (Å²) in [6.45, 7) is 0.166. The van der Waals surface area contributed by atoms with Crippen LogP contribution >= 0.6 is 11.6 Å². The van der Waals surface area contributed by atoms with Crippen molar-refractivity contribution in [1.82, 2.24) is 0 Å². The number of carbonyl (C=O) groups is 2. The summed E-state index contributed by atoms with van der Waals surface area (Å²) in [7, 11) is 1.33. The molecule has 0 unspecified atom stereocenters. The average Bonchev–Trinajstić information content (AvgIpc) is 2.53. The summed E-state index contributed by atoms with van der Waals surface area (Å²) in [6, 6.07) is 13.5. The van der Waals surface area contributed by atoms with E-state index in [0.29, 0.717) is 16.1 Å². The van der Waals surface area contributed by atoms with Gasteiger partial charge in [0.1, 0.15) is 0 Å². The lowest BCUT2D eigenvalue weighted by atomic mass is 10.1. The van der Waals surface area contributed by atoms with Crippen LogP contribution in [-0.2, 0) is 4.74 Å². The number of hydrogen-bond donors (Lipinski definition) is 1. The van der Waals surface area contributed by atoms with Gasteiger partial charge in [-0.15, -0.1) is 0 Å². The van der Waals surface area contributed by atoms with Crippen LogP contribution in [0.1, 0.15) is 20.7 Å². The van der Waals surface area contributed by atoms with Crippen LogP contribution in [0.3, 0.4) is 0 Å². The van der Waals surface area contributed by atoms with Gasteiger partial charge < -0.3 is 10.1 Å². The maximum atomic E-state index is 12.0. The summed E-state index contributed by atoms with van der Waals surface area (Å²) in [5, 5.41) is 3.60. The zero-order chi connectivity index (χ0) is 15.2. The van der Waals surface area contributed by atoms with Gasteiger partial charge in [0.05, 0.1) is 19.2 Å². The Hall–Kier alpha value is -2.33. The molecule has 0 aliphatic carbocycles. The molecule has 0 bridgehead atoms. The van der Waals surface area contributed by atoms with Gasteiger partial charge in [-0.25, -0.2) is 4.79 Å². The van der Waals surface area contributed by atoms with E-state index < -0.39 is 5.97 Å². The summed E-state index contributed by atoms with van der Waals surface area (Å²) < 4.78 is 4.62. The summed E-state index contributed by atoms with van der Waals surface area (Å²) in [5.74, 6) is -0.428. The van der Waals surface area contributed by atoms with Crippen LogP contribution in [0.15, 0.2) is 48.5 Å². The number of anilines is 1. The van der Waals surface area contributed by atoms with Crippen molar-refractivity contribution in [3.05, 3.63) is 64.7 Å². The first kappa shape index (κ1) is 15.1. The maximum absolute atomic E-state index is 12.0. The fourth-order valence-electron chi connectivity index (χ4n) is 1.76. The summed E-state index contributed by atoms with van der Waals surface area (Å²) in [4.78, 5) is 23.3. The molecule has 108 valence electrons. The minimum atomic E-state index is -0.390. The number of Topliss-reactive ketones (excluding diaryl/α,β-unsaturated/α-hetero) is 1. The van der Waals surface area contributed by atoms with Gasteiger partial charge in [0.25, 0.3) is 0 Å². The van der Waals surface area contributed by atoms with Crippen molar-refractivity contribution in [2.45, 2.75) is 0 Å². The molecule has 0 saturated heterocycles. The minimum Gasteiger partial charge on any atom is -0.465 e. The molecular weight excluding hydrogens is 290 g/mol. The first-order valence-corrected chi connectivity index (χ1v) is 6.69. The van der Waals surface area contributed by atoms with E-state index in [1.807, 2.05) is 0 Å². The molecule has 2 aromatic rings. The van der Waals surface area contributed by atoms with Crippen molar-refractivity contribution < 1.29 is 14.3 Å². The predicted molar refractivity (Wildman–Crippen MR) is 82.1 cm³/mol. The van der Waals surface area contributed by atoms with Crippen LogP contribution in [0.4, 0.5) is 5.69 Å². The van der Waals surface area contributed by atoms with Crippen LogP contribution in [0.25, 0.3) is 0 Å². The highest BCUT2D eigenvalue weighted by atomic mass is 35.5. The van der Waals surface area contributed by atoms with E-state index in [2.05, 4.69) is 10.1 Å². The molecule has 0 heterocycles. The molecule has 0 amide bonds. The molecule has 4 nitrogen and oxygen atoms in total. The molecule has 0 saturated carbocycles. The van der Waals surface area contributed by atoms with Crippen molar-refractivity contribution in [2.75, 3.05) is 19.0 Å². The molecular formula is C16H14ClNO3. The zero-order valence-electron chi connectivity index (χ0n) is 11.4. The van der Waals surface area contributed by atoms with Crippen molar-refractivity contribution in [1.29, 1.82) is 0 Å². The number of methoxy groups -OCH3 is 1. The second-order valence-corrected chi connectivity index (χ2v) is 4.79. The lowest BCUT2D eigenvalue weighted by Crippen LogP contribution is -2.14. The van der Waals surface area contributed by atoms with Gasteiger partial charge in [-0.3, -0.25) is 4.79 Å². The third kappa shape index (κ3) is 4.07. The Morgan fingerprint density at radius 3 is 2.14 bits per heavy atom. The fourth-order valence-corrected chi connectivity index (χ4v) is 1.89. The SMILES string of the molecule is COC(=O)c1ccc(NCC(=O)c2ccc(Cl)cc2)cc1. The predicted octanol–water partition coefficient (Wildman–Crippen LogP) is 3.42. The van der Waals surface area contributed by atoms with Crippen molar-refractivity contribution in [3.63, 3.8) is 0 Å². The maximum Gasteiger partial charge on any atom is 0.337 e. The highest BCUT2D eigenvalue weighted by Gasteiger charge is 2.07. The van der Waals surface area contributed by atoms with Crippen LogP contribution in [0.2, 0.25) is 5.02 Å². The van der Waals surface area contributed by atoms with Gasteiger partial charge in [0.2, 0.25) is 0 Å². The van der Waals surface area contributed by atoms with Gasteiger partial charge in [-0.05, 0) is 48.5 Å².